The summed E-state index contributed by atoms with van der Waals surface area (Å²) < 4.78 is 12.1. The zero-order valence-corrected chi connectivity index (χ0v) is 17.9. The number of rotatable bonds is 7. The van der Waals surface area contributed by atoms with Crippen molar-refractivity contribution in [2.24, 2.45) is 0 Å². The molecule has 138 valence electrons. The molecule has 2 N–H and O–H groups in total. The van der Waals surface area contributed by atoms with Crippen molar-refractivity contribution in [3.63, 3.8) is 0 Å². The van der Waals surface area contributed by atoms with Crippen LogP contribution in [0, 0.1) is 0 Å². The van der Waals surface area contributed by atoms with Gasteiger partial charge in [-0.05, 0) is 0 Å². The van der Waals surface area contributed by atoms with Crippen molar-refractivity contribution < 1.29 is 19.1 Å². The molecule has 2 aromatic carbocycles. The number of anilines is 2. The zero-order chi connectivity index (χ0) is 18.8. The fraction of sp³-hybridized carbons (Fsp3) is 0.222. The number of para-hydroxylation sites is 2. The van der Waals surface area contributed by atoms with Gasteiger partial charge in [-0.2, -0.15) is 0 Å². The Bertz CT molecular complexity index is 692. The van der Waals surface area contributed by atoms with Gasteiger partial charge in [0.1, 0.15) is 0 Å². The number of carbonyl (C=O) groups excluding carboxylic acids is 2. The summed E-state index contributed by atoms with van der Waals surface area (Å²) in [5, 5.41) is 5.57. The van der Waals surface area contributed by atoms with E-state index in [-0.39, 0.29) is 26.3 Å². The second-order valence-corrected chi connectivity index (χ2v) is 11.0. The molecule has 0 spiro atoms. The van der Waals surface area contributed by atoms with Gasteiger partial charge in [0.15, 0.2) is 0 Å². The maximum atomic E-state index is 11.7. The maximum absolute atomic E-state index is 11.7. The summed E-state index contributed by atoms with van der Waals surface area (Å²) in [6.45, 7) is 4.20. The van der Waals surface area contributed by atoms with E-state index in [0.717, 1.165) is 20.3 Å². The van der Waals surface area contributed by atoms with Crippen LogP contribution < -0.4 is 19.6 Å². The molecule has 0 aliphatic heterocycles. The van der Waals surface area contributed by atoms with E-state index < -0.39 is 12.2 Å². The molecule has 0 aliphatic rings. The third kappa shape index (κ3) is 6.39. The first-order valence-electron chi connectivity index (χ1n) is 8.04. The van der Waals surface area contributed by atoms with Crippen LogP contribution >= 0.6 is 0 Å². The first-order chi connectivity index (χ1) is 12.6. The van der Waals surface area contributed by atoms with Gasteiger partial charge in [-0.25, -0.2) is 0 Å². The third-order valence-electron chi connectivity index (χ3n) is 3.02. The molecule has 6 nitrogen and oxygen atoms in total. The fourth-order valence-electron chi connectivity index (χ4n) is 1.93. The summed E-state index contributed by atoms with van der Waals surface area (Å²) in [7, 11) is 0. The summed E-state index contributed by atoms with van der Waals surface area (Å²) in [6.07, 6.45) is -0.903. The molecule has 0 radical (unpaired) electrons. The van der Waals surface area contributed by atoms with Gasteiger partial charge in [-0.3, -0.25) is 0 Å². The van der Waals surface area contributed by atoms with E-state index in [1.807, 2.05) is 48.5 Å². The molecular formula is C18H20N2O4Se2. The Balaban J connectivity index is 2.07. The fourth-order valence-corrected chi connectivity index (χ4v) is 8.87. The van der Waals surface area contributed by atoms with Gasteiger partial charge in [0.2, 0.25) is 0 Å². The van der Waals surface area contributed by atoms with Crippen LogP contribution in [0.5, 0.6) is 0 Å². The van der Waals surface area contributed by atoms with E-state index in [2.05, 4.69) is 10.6 Å². The SMILES string of the molecule is CCOC(=O)Nc1ccccc1[Se][Se]c1ccccc1NC(=O)OCC. The average Bonchev–Trinajstić information content (AvgIpc) is 2.62. The number of carbonyl (C=O) groups is 2. The molecule has 8 heteroatoms. The van der Waals surface area contributed by atoms with Gasteiger partial charge in [0.05, 0.1) is 0 Å². The van der Waals surface area contributed by atoms with Gasteiger partial charge in [-0.1, -0.05) is 0 Å². The van der Waals surface area contributed by atoms with Crippen LogP contribution in [0.15, 0.2) is 48.5 Å². The zero-order valence-electron chi connectivity index (χ0n) is 14.5. The Morgan fingerprint density at radius 2 is 1.15 bits per heavy atom. The first-order valence-corrected chi connectivity index (χ1v) is 14.1. The van der Waals surface area contributed by atoms with Crippen LogP contribution in [-0.2, 0) is 9.47 Å². The molecule has 0 fully saturated rings. The second kappa shape index (κ2) is 10.9. The Morgan fingerprint density at radius 1 is 0.769 bits per heavy atom. The summed E-state index contributed by atoms with van der Waals surface area (Å²) in [5.74, 6) is 0. The molecule has 26 heavy (non-hydrogen) atoms. The summed E-state index contributed by atoms with van der Waals surface area (Å²) in [5.41, 5.74) is 1.53. The van der Waals surface area contributed by atoms with E-state index in [1.54, 1.807) is 13.8 Å². The van der Waals surface area contributed by atoms with Gasteiger partial charge in [0.25, 0.3) is 0 Å². The molecule has 0 saturated heterocycles. The molecule has 0 heterocycles. The number of amides is 2. The normalized spacial score (nSPS) is 10.1. The summed E-state index contributed by atoms with van der Waals surface area (Å²) >= 11 is 0.241. The molecule has 0 bridgehead atoms. The van der Waals surface area contributed by atoms with Gasteiger partial charge in [0, 0.05) is 0 Å². The molecule has 2 amide bonds. The Labute approximate surface area is 163 Å². The van der Waals surface area contributed by atoms with Gasteiger partial charge >= 0.3 is 164 Å². The Kier molecular flexibility index (Phi) is 8.51. The van der Waals surface area contributed by atoms with E-state index in [4.69, 9.17) is 9.47 Å². The van der Waals surface area contributed by atoms with Crippen LogP contribution in [0.4, 0.5) is 21.0 Å². The minimum atomic E-state index is -0.451. The molecule has 0 aromatic heterocycles. The number of nitrogens with one attached hydrogen (secondary N) is 2. The molecule has 0 saturated carbocycles. The van der Waals surface area contributed by atoms with Crippen molar-refractivity contribution in [2.75, 3.05) is 23.8 Å². The van der Waals surface area contributed by atoms with Crippen molar-refractivity contribution in [1.82, 2.24) is 0 Å². The van der Waals surface area contributed by atoms with Crippen LogP contribution in [0.25, 0.3) is 0 Å². The number of ether oxygens (including phenoxy) is 2. The quantitative estimate of drug-likeness (QED) is 0.588. The van der Waals surface area contributed by atoms with Crippen molar-refractivity contribution in [1.29, 1.82) is 0 Å². The topological polar surface area (TPSA) is 76.7 Å². The van der Waals surface area contributed by atoms with Crippen molar-refractivity contribution in [3.05, 3.63) is 48.5 Å². The summed E-state index contributed by atoms with van der Waals surface area (Å²) in [4.78, 5) is 23.4. The predicted octanol–water partition coefficient (Wildman–Crippen LogP) is 2.10. The van der Waals surface area contributed by atoms with Crippen molar-refractivity contribution in [2.45, 2.75) is 13.8 Å². The van der Waals surface area contributed by atoms with E-state index >= 15 is 0 Å². The number of benzene rings is 2. The third-order valence-corrected chi connectivity index (χ3v) is 10.3. The molecule has 0 atom stereocenters. The number of hydrogen-bond donors (Lipinski definition) is 2. The second-order valence-electron chi connectivity index (χ2n) is 4.85. The van der Waals surface area contributed by atoms with Crippen LogP contribution in [0.3, 0.4) is 0 Å². The summed E-state index contributed by atoms with van der Waals surface area (Å²) in [6, 6.07) is 15.4. The molecule has 2 rings (SSSR count). The van der Waals surface area contributed by atoms with Crippen molar-refractivity contribution >= 4 is 58.7 Å². The van der Waals surface area contributed by atoms with Gasteiger partial charge < -0.3 is 0 Å². The molecule has 0 unspecified atom stereocenters. The Morgan fingerprint density at radius 3 is 1.54 bits per heavy atom. The minimum absolute atomic E-state index is 0.121. The van der Waals surface area contributed by atoms with Crippen LogP contribution in [0.2, 0.25) is 0 Å². The molecule has 0 aliphatic carbocycles. The molecule has 2 aromatic rings. The molecular weight excluding hydrogens is 466 g/mol. The van der Waals surface area contributed by atoms with E-state index in [0.29, 0.717) is 13.2 Å². The van der Waals surface area contributed by atoms with Crippen LogP contribution in [0.1, 0.15) is 13.8 Å². The van der Waals surface area contributed by atoms with E-state index in [9.17, 15) is 9.59 Å². The monoisotopic (exact) mass is 488 g/mol. The van der Waals surface area contributed by atoms with E-state index in [1.165, 1.54) is 0 Å². The Hall–Kier alpha value is -1.98. The standard InChI is InChI=1S/C18H20N2O4Se2/c1-3-23-17(21)19-13-9-5-7-11-15(13)25-26-16-12-8-6-10-14(16)20-18(22)24-4-2/h5-12H,3-4H2,1-2H3,(H,19,21)(H,20,22). The number of hydrogen-bond acceptors (Lipinski definition) is 4. The predicted molar refractivity (Wildman–Crippen MR) is 105 cm³/mol. The van der Waals surface area contributed by atoms with Crippen molar-refractivity contribution in [3.8, 4) is 0 Å². The first kappa shape index (κ1) is 20.3. The average molecular weight is 486 g/mol. The van der Waals surface area contributed by atoms with Gasteiger partial charge in [-0.15, -0.1) is 0 Å². The van der Waals surface area contributed by atoms with Crippen LogP contribution in [-0.4, -0.2) is 51.7 Å².